The average molecular weight is 409 g/mol. The zero-order valence-electron chi connectivity index (χ0n) is 16.6. The maximum Gasteiger partial charge on any atom is 0.341 e. The molecule has 152 valence electrons. The topological polar surface area (TPSA) is 72.6 Å². The first-order valence-corrected chi connectivity index (χ1v) is 9.95. The van der Waals surface area contributed by atoms with E-state index in [1.165, 1.54) is 10.8 Å². The molecular formula is C26H19NO4. The van der Waals surface area contributed by atoms with Crippen molar-refractivity contribution < 1.29 is 19.1 Å². The van der Waals surface area contributed by atoms with E-state index in [4.69, 9.17) is 14.3 Å². The van der Waals surface area contributed by atoms with Gasteiger partial charge in [-0.2, -0.15) is 0 Å². The lowest BCUT2D eigenvalue weighted by Gasteiger charge is -2.06. The summed E-state index contributed by atoms with van der Waals surface area (Å²) in [5.74, 6) is 0.909. The molecule has 5 heteroatoms. The van der Waals surface area contributed by atoms with Gasteiger partial charge in [-0.15, -0.1) is 0 Å². The summed E-state index contributed by atoms with van der Waals surface area (Å²) in [4.78, 5) is 15.1. The lowest BCUT2D eigenvalue weighted by Crippen LogP contribution is -2.09. The number of fused-ring (bicyclic) bond motifs is 2. The molecule has 0 saturated heterocycles. The molecule has 0 unspecified atom stereocenters. The Morgan fingerprint density at radius 2 is 1.61 bits per heavy atom. The molecule has 0 aliphatic rings. The van der Waals surface area contributed by atoms with Crippen LogP contribution in [0.1, 0.15) is 11.5 Å². The van der Waals surface area contributed by atoms with Gasteiger partial charge in [0, 0.05) is 12.0 Å². The minimum Gasteiger partial charge on any atom is -0.482 e. The predicted molar refractivity (Wildman–Crippen MR) is 119 cm³/mol. The van der Waals surface area contributed by atoms with Crippen LogP contribution in [0, 0.1) is 0 Å². The molecule has 4 aromatic carbocycles. The number of hydrogen-bond acceptors (Lipinski definition) is 4. The number of ether oxygens (including phenoxy) is 1. The van der Waals surface area contributed by atoms with Crippen LogP contribution in [0.4, 0.5) is 0 Å². The summed E-state index contributed by atoms with van der Waals surface area (Å²) >= 11 is 0. The number of aromatic nitrogens is 1. The van der Waals surface area contributed by atoms with Gasteiger partial charge in [0.25, 0.3) is 0 Å². The van der Waals surface area contributed by atoms with Crippen molar-refractivity contribution in [2.45, 2.75) is 6.42 Å². The Balaban J connectivity index is 1.36. The number of aliphatic carboxylic acids is 1. The van der Waals surface area contributed by atoms with E-state index in [9.17, 15) is 4.79 Å². The highest BCUT2D eigenvalue weighted by Gasteiger charge is 2.09. The zero-order chi connectivity index (χ0) is 21.2. The van der Waals surface area contributed by atoms with E-state index in [0.717, 1.165) is 21.9 Å². The molecular weight excluding hydrogens is 390 g/mol. The molecule has 1 N–H and O–H groups in total. The number of carboxylic acids is 1. The number of carbonyl (C=O) groups is 1. The van der Waals surface area contributed by atoms with Crippen LogP contribution in [-0.4, -0.2) is 22.7 Å². The van der Waals surface area contributed by atoms with Gasteiger partial charge in [0.05, 0.1) is 6.20 Å². The fraction of sp³-hybridized carbons (Fsp3) is 0.0769. The number of hydrogen-bond donors (Lipinski definition) is 1. The minimum atomic E-state index is -1.000. The first-order chi connectivity index (χ1) is 15.1. The Hall–Kier alpha value is -4.12. The maximum atomic E-state index is 10.7. The van der Waals surface area contributed by atoms with Gasteiger partial charge in [0.2, 0.25) is 0 Å². The van der Waals surface area contributed by atoms with E-state index in [1.807, 2.05) is 42.5 Å². The minimum absolute atomic E-state index is 0.359. The first-order valence-electron chi connectivity index (χ1n) is 9.95. The second kappa shape index (κ2) is 7.95. The highest BCUT2D eigenvalue weighted by atomic mass is 16.5. The molecule has 31 heavy (non-hydrogen) atoms. The molecule has 0 spiro atoms. The van der Waals surface area contributed by atoms with Gasteiger partial charge in [-0.3, -0.25) is 0 Å². The molecule has 0 atom stereocenters. The number of benzene rings is 4. The highest BCUT2D eigenvalue weighted by molar-refractivity contribution is 5.88. The van der Waals surface area contributed by atoms with E-state index in [0.29, 0.717) is 23.8 Å². The van der Waals surface area contributed by atoms with E-state index < -0.39 is 5.97 Å². The second-order valence-corrected chi connectivity index (χ2v) is 7.38. The Morgan fingerprint density at radius 3 is 2.48 bits per heavy atom. The normalized spacial score (nSPS) is 11.1. The second-order valence-electron chi connectivity index (χ2n) is 7.38. The third kappa shape index (κ3) is 4.12. The molecule has 0 aliphatic heterocycles. The van der Waals surface area contributed by atoms with Crippen molar-refractivity contribution >= 4 is 27.5 Å². The largest absolute Gasteiger partial charge is 0.482 e. The Bertz CT molecular complexity index is 1400. The van der Waals surface area contributed by atoms with Crippen LogP contribution in [0.3, 0.4) is 0 Å². The SMILES string of the molecule is O=C(O)COc1ccc2cc(-c3cnc(Cc4ccc5ccccc5c4)o3)ccc2c1. The molecule has 1 heterocycles. The average Bonchev–Trinajstić information content (AvgIpc) is 3.25. The van der Waals surface area contributed by atoms with Gasteiger partial charge in [-0.05, 0) is 45.3 Å². The summed E-state index contributed by atoms with van der Waals surface area (Å²) in [7, 11) is 0. The molecule has 5 aromatic rings. The van der Waals surface area contributed by atoms with Gasteiger partial charge in [-0.25, -0.2) is 9.78 Å². The Labute approximate surface area is 178 Å². The van der Waals surface area contributed by atoms with Crippen molar-refractivity contribution in [3.63, 3.8) is 0 Å². The quantitative estimate of drug-likeness (QED) is 0.389. The maximum absolute atomic E-state index is 10.7. The summed E-state index contributed by atoms with van der Waals surface area (Å²) in [6.07, 6.45) is 2.38. The lowest BCUT2D eigenvalue weighted by molar-refractivity contribution is -0.139. The molecule has 0 saturated carbocycles. The van der Waals surface area contributed by atoms with Crippen LogP contribution in [-0.2, 0) is 11.2 Å². The van der Waals surface area contributed by atoms with Gasteiger partial charge in [0.1, 0.15) is 5.75 Å². The summed E-state index contributed by atoms with van der Waals surface area (Å²) in [6.45, 7) is -0.359. The molecule has 0 aliphatic carbocycles. The summed E-state index contributed by atoms with van der Waals surface area (Å²) in [6, 6.07) is 26.1. The summed E-state index contributed by atoms with van der Waals surface area (Å²) in [5.41, 5.74) is 2.09. The number of nitrogens with zero attached hydrogens (tertiary/aromatic N) is 1. The third-order valence-electron chi connectivity index (χ3n) is 5.18. The van der Waals surface area contributed by atoms with E-state index in [1.54, 1.807) is 12.3 Å². The number of rotatable bonds is 6. The van der Waals surface area contributed by atoms with Crippen molar-refractivity contribution in [3.8, 4) is 17.1 Å². The highest BCUT2D eigenvalue weighted by Crippen LogP contribution is 2.28. The third-order valence-corrected chi connectivity index (χ3v) is 5.18. The monoisotopic (exact) mass is 409 g/mol. The van der Waals surface area contributed by atoms with Gasteiger partial charge in [-0.1, -0.05) is 60.7 Å². The van der Waals surface area contributed by atoms with E-state index >= 15 is 0 Å². The van der Waals surface area contributed by atoms with Gasteiger partial charge < -0.3 is 14.3 Å². The molecule has 0 amide bonds. The van der Waals surface area contributed by atoms with Crippen LogP contribution >= 0.6 is 0 Å². The molecule has 5 nitrogen and oxygen atoms in total. The van der Waals surface area contributed by atoms with Crippen molar-refractivity contribution in [3.05, 3.63) is 96.5 Å². The first kappa shape index (κ1) is 18.9. The molecule has 0 bridgehead atoms. The van der Waals surface area contributed by atoms with E-state index in [2.05, 4.69) is 35.3 Å². The van der Waals surface area contributed by atoms with Crippen LogP contribution in [0.25, 0.3) is 32.9 Å². The van der Waals surface area contributed by atoms with Gasteiger partial charge in [0.15, 0.2) is 18.3 Å². The predicted octanol–water partition coefficient (Wildman–Crippen LogP) is 5.70. The molecule has 0 fully saturated rings. The van der Waals surface area contributed by atoms with Crippen LogP contribution in [0.2, 0.25) is 0 Å². The molecule has 5 rings (SSSR count). The van der Waals surface area contributed by atoms with Crippen LogP contribution in [0.15, 0.2) is 89.5 Å². The summed E-state index contributed by atoms with van der Waals surface area (Å²) in [5, 5.41) is 13.1. The van der Waals surface area contributed by atoms with Gasteiger partial charge >= 0.3 is 5.97 Å². The number of carboxylic acid groups (broad SMARTS) is 1. The van der Waals surface area contributed by atoms with Crippen molar-refractivity contribution in [1.29, 1.82) is 0 Å². The van der Waals surface area contributed by atoms with Crippen molar-refractivity contribution in [1.82, 2.24) is 4.98 Å². The number of oxazole rings is 1. The molecule has 0 radical (unpaired) electrons. The fourth-order valence-corrected chi connectivity index (χ4v) is 3.66. The molecule has 1 aromatic heterocycles. The standard InChI is InChI=1S/C26H19NO4/c28-26(29)16-30-23-10-9-20-13-22(8-7-21(20)14-23)24-15-27-25(31-24)12-17-5-6-18-3-1-2-4-19(18)11-17/h1-11,13-15H,12,16H2,(H,28,29). The smallest absolute Gasteiger partial charge is 0.341 e. The Morgan fingerprint density at radius 1 is 0.871 bits per heavy atom. The zero-order valence-corrected chi connectivity index (χ0v) is 16.6. The van der Waals surface area contributed by atoms with E-state index in [-0.39, 0.29) is 6.61 Å². The van der Waals surface area contributed by atoms with Crippen molar-refractivity contribution in [2.24, 2.45) is 0 Å². The summed E-state index contributed by atoms with van der Waals surface area (Å²) < 4.78 is 11.3. The fourth-order valence-electron chi connectivity index (χ4n) is 3.66. The van der Waals surface area contributed by atoms with Crippen LogP contribution < -0.4 is 4.74 Å². The lowest BCUT2D eigenvalue weighted by atomic mass is 10.1. The van der Waals surface area contributed by atoms with Crippen molar-refractivity contribution in [2.75, 3.05) is 6.61 Å². The van der Waals surface area contributed by atoms with Crippen LogP contribution in [0.5, 0.6) is 5.75 Å². The Kier molecular flexibility index (Phi) is 4.84.